The van der Waals surface area contributed by atoms with E-state index in [4.69, 9.17) is 5.11 Å². The molecule has 0 aliphatic carbocycles. The molecule has 0 radical (unpaired) electrons. The molecule has 0 unspecified atom stereocenters. The van der Waals surface area contributed by atoms with Gasteiger partial charge in [0.15, 0.2) is 0 Å². The zero-order valence-electron chi connectivity index (χ0n) is 11.3. The van der Waals surface area contributed by atoms with Crippen molar-refractivity contribution in [2.45, 2.75) is 38.1 Å². The van der Waals surface area contributed by atoms with Gasteiger partial charge in [0, 0.05) is 18.8 Å². The van der Waals surface area contributed by atoms with E-state index in [1.54, 1.807) is 6.92 Å². The molecule has 1 heterocycles. The van der Waals surface area contributed by atoms with Gasteiger partial charge in [-0.2, -0.15) is 9.40 Å². The predicted octanol–water partition coefficient (Wildman–Crippen LogP) is 0.949. The van der Waals surface area contributed by atoms with Crippen LogP contribution in [0.15, 0.2) is 17.3 Å². The molecule has 0 saturated heterocycles. The second-order valence-electron chi connectivity index (χ2n) is 4.48. The molecule has 0 aliphatic heterocycles. The number of aliphatic carboxylic acids is 1. The Hall–Kier alpha value is -1.41. The molecule has 1 aromatic heterocycles. The summed E-state index contributed by atoms with van der Waals surface area (Å²) < 4.78 is 27.1. The molecule has 108 valence electrons. The Bertz CT molecular complexity index is 536. The van der Waals surface area contributed by atoms with Crippen LogP contribution in [-0.2, 0) is 14.8 Å². The van der Waals surface area contributed by atoms with Crippen LogP contribution in [0.3, 0.4) is 0 Å². The molecule has 0 spiro atoms. The fourth-order valence-electron chi connectivity index (χ4n) is 1.57. The summed E-state index contributed by atoms with van der Waals surface area (Å²) in [4.78, 5) is 10.8. The van der Waals surface area contributed by atoms with Crippen molar-refractivity contribution in [3.05, 3.63) is 12.4 Å². The highest BCUT2D eigenvalue weighted by atomic mass is 32.2. The summed E-state index contributed by atoms with van der Waals surface area (Å²) in [5.74, 6) is -1.17. The lowest BCUT2D eigenvalue weighted by Crippen LogP contribution is -2.36. The monoisotopic (exact) mass is 289 g/mol. The van der Waals surface area contributed by atoms with E-state index < -0.39 is 22.5 Å². The van der Waals surface area contributed by atoms with Crippen LogP contribution < -0.4 is 0 Å². The van der Waals surface area contributed by atoms with Crippen molar-refractivity contribution in [2.75, 3.05) is 13.1 Å². The van der Waals surface area contributed by atoms with Crippen LogP contribution in [0.4, 0.5) is 0 Å². The zero-order chi connectivity index (χ0) is 14.6. The highest BCUT2D eigenvalue weighted by Gasteiger charge is 2.27. The zero-order valence-corrected chi connectivity index (χ0v) is 12.1. The minimum absolute atomic E-state index is 0.0240. The molecule has 1 N–H and O–H groups in total. The van der Waals surface area contributed by atoms with Crippen LogP contribution in [-0.4, -0.2) is 46.7 Å². The Morgan fingerprint density at radius 1 is 1.53 bits per heavy atom. The average Bonchev–Trinajstić information content (AvgIpc) is 2.77. The van der Waals surface area contributed by atoms with Crippen molar-refractivity contribution in [2.24, 2.45) is 0 Å². The largest absolute Gasteiger partial charge is 0.480 e. The molecule has 19 heavy (non-hydrogen) atoms. The van der Waals surface area contributed by atoms with Crippen molar-refractivity contribution in [3.63, 3.8) is 0 Å². The SMILES string of the molecule is CCCN(CC(=O)O)S(=O)(=O)c1cnn(C(C)C)c1. The summed E-state index contributed by atoms with van der Waals surface area (Å²) in [6, 6.07) is 0.0445. The van der Waals surface area contributed by atoms with Gasteiger partial charge in [0.1, 0.15) is 11.4 Å². The highest BCUT2D eigenvalue weighted by Crippen LogP contribution is 2.16. The van der Waals surface area contributed by atoms with Gasteiger partial charge in [0.25, 0.3) is 0 Å². The first-order valence-corrected chi connectivity index (χ1v) is 7.49. The lowest BCUT2D eigenvalue weighted by atomic mass is 10.4. The van der Waals surface area contributed by atoms with Gasteiger partial charge in [-0.3, -0.25) is 9.48 Å². The maximum atomic E-state index is 12.3. The van der Waals surface area contributed by atoms with Gasteiger partial charge in [-0.25, -0.2) is 8.42 Å². The van der Waals surface area contributed by atoms with E-state index in [-0.39, 0.29) is 17.5 Å². The number of sulfonamides is 1. The number of hydrogen-bond donors (Lipinski definition) is 1. The molecule has 0 bridgehead atoms. The molecule has 0 atom stereocenters. The van der Waals surface area contributed by atoms with E-state index in [0.29, 0.717) is 6.42 Å². The van der Waals surface area contributed by atoms with Crippen molar-refractivity contribution < 1.29 is 18.3 Å². The van der Waals surface area contributed by atoms with E-state index >= 15 is 0 Å². The summed E-state index contributed by atoms with van der Waals surface area (Å²) in [5.41, 5.74) is 0. The Labute approximate surface area is 112 Å². The van der Waals surface area contributed by atoms with Crippen LogP contribution >= 0.6 is 0 Å². The predicted molar refractivity (Wildman–Crippen MR) is 69.3 cm³/mol. The Morgan fingerprint density at radius 2 is 2.16 bits per heavy atom. The van der Waals surface area contributed by atoms with E-state index in [1.165, 1.54) is 17.1 Å². The van der Waals surface area contributed by atoms with E-state index in [0.717, 1.165) is 4.31 Å². The van der Waals surface area contributed by atoms with Gasteiger partial charge in [-0.1, -0.05) is 6.92 Å². The molecule has 0 aromatic carbocycles. The van der Waals surface area contributed by atoms with Crippen molar-refractivity contribution in [1.82, 2.24) is 14.1 Å². The number of carboxylic acid groups (broad SMARTS) is 1. The summed E-state index contributed by atoms with van der Waals surface area (Å²) in [5, 5.41) is 12.8. The smallest absolute Gasteiger partial charge is 0.318 e. The number of rotatable bonds is 7. The maximum Gasteiger partial charge on any atom is 0.318 e. The van der Waals surface area contributed by atoms with Crippen LogP contribution in [0, 0.1) is 0 Å². The van der Waals surface area contributed by atoms with Gasteiger partial charge in [0.2, 0.25) is 10.0 Å². The van der Waals surface area contributed by atoms with E-state index in [1.807, 2.05) is 13.8 Å². The molecule has 8 heteroatoms. The summed E-state index contributed by atoms with van der Waals surface area (Å²) in [7, 11) is -3.80. The topological polar surface area (TPSA) is 92.5 Å². The van der Waals surface area contributed by atoms with Crippen LogP contribution in [0.1, 0.15) is 33.2 Å². The summed E-state index contributed by atoms with van der Waals surface area (Å²) in [6.07, 6.45) is 3.22. The summed E-state index contributed by atoms with van der Waals surface area (Å²) in [6.45, 7) is 5.18. The Morgan fingerprint density at radius 3 is 2.58 bits per heavy atom. The van der Waals surface area contributed by atoms with Crippen LogP contribution in [0.2, 0.25) is 0 Å². The molecule has 0 aliphatic rings. The lowest BCUT2D eigenvalue weighted by molar-refractivity contribution is -0.137. The number of nitrogens with zero attached hydrogens (tertiary/aromatic N) is 3. The van der Waals surface area contributed by atoms with E-state index in [2.05, 4.69) is 5.10 Å². The third-order valence-corrected chi connectivity index (χ3v) is 4.33. The molecular formula is C11H19N3O4S. The first-order chi connectivity index (χ1) is 8.78. The standard InChI is InChI=1S/C11H19N3O4S/c1-4-5-13(8-11(15)16)19(17,18)10-6-12-14(7-10)9(2)3/h6-7,9H,4-5,8H2,1-3H3,(H,15,16). The highest BCUT2D eigenvalue weighted by molar-refractivity contribution is 7.89. The van der Waals surface area contributed by atoms with Crippen LogP contribution in [0.25, 0.3) is 0 Å². The fraction of sp³-hybridized carbons (Fsp3) is 0.636. The second kappa shape index (κ2) is 6.16. The minimum atomic E-state index is -3.80. The third-order valence-electron chi connectivity index (χ3n) is 2.53. The second-order valence-corrected chi connectivity index (χ2v) is 6.42. The molecular weight excluding hydrogens is 270 g/mol. The third kappa shape index (κ3) is 3.77. The van der Waals surface area contributed by atoms with Gasteiger partial charge >= 0.3 is 5.97 Å². The van der Waals surface area contributed by atoms with Crippen molar-refractivity contribution >= 4 is 16.0 Å². The maximum absolute atomic E-state index is 12.3. The van der Waals surface area contributed by atoms with Crippen molar-refractivity contribution in [3.8, 4) is 0 Å². The number of carbonyl (C=O) groups is 1. The molecule has 1 aromatic rings. The number of hydrogen-bond acceptors (Lipinski definition) is 4. The fourth-order valence-corrected chi connectivity index (χ4v) is 2.99. The lowest BCUT2D eigenvalue weighted by Gasteiger charge is -2.18. The quantitative estimate of drug-likeness (QED) is 0.806. The molecule has 1 rings (SSSR count). The number of aromatic nitrogens is 2. The molecule has 0 amide bonds. The summed E-state index contributed by atoms with van der Waals surface area (Å²) >= 11 is 0. The first-order valence-electron chi connectivity index (χ1n) is 6.05. The Balaban J connectivity index is 3.07. The first kappa shape index (κ1) is 15.6. The van der Waals surface area contributed by atoms with Gasteiger partial charge in [0.05, 0.1) is 6.20 Å². The van der Waals surface area contributed by atoms with Gasteiger partial charge < -0.3 is 5.11 Å². The molecule has 0 saturated carbocycles. The normalized spacial score (nSPS) is 12.3. The van der Waals surface area contributed by atoms with Gasteiger partial charge in [-0.05, 0) is 20.3 Å². The van der Waals surface area contributed by atoms with Gasteiger partial charge in [-0.15, -0.1) is 0 Å². The minimum Gasteiger partial charge on any atom is -0.480 e. The van der Waals surface area contributed by atoms with Crippen LogP contribution in [0.5, 0.6) is 0 Å². The molecule has 0 fully saturated rings. The molecule has 7 nitrogen and oxygen atoms in total. The van der Waals surface area contributed by atoms with Crippen molar-refractivity contribution in [1.29, 1.82) is 0 Å². The Kier molecular flexibility index (Phi) is 5.07. The number of carboxylic acids is 1. The average molecular weight is 289 g/mol. The van der Waals surface area contributed by atoms with E-state index in [9.17, 15) is 13.2 Å².